The minimum Gasteiger partial charge on any atom is -0.497 e. The molecule has 124 valence electrons. The van der Waals surface area contributed by atoms with Crippen molar-refractivity contribution in [3.05, 3.63) is 66.5 Å². The van der Waals surface area contributed by atoms with Crippen LogP contribution in [-0.4, -0.2) is 23.0 Å². The molecule has 5 heteroatoms. The van der Waals surface area contributed by atoms with E-state index in [1.54, 1.807) is 19.4 Å². The van der Waals surface area contributed by atoms with Gasteiger partial charge in [-0.1, -0.05) is 24.3 Å². The summed E-state index contributed by atoms with van der Waals surface area (Å²) in [6, 6.07) is 15.4. The maximum absolute atomic E-state index is 12.6. The van der Waals surface area contributed by atoms with Crippen LogP contribution in [0.4, 0.5) is 5.69 Å². The van der Waals surface area contributed by atoms with Gasteiger partial charge in [0.1, 0.15) is 5.75 Å². The van der Waals surface area contributed by atoms with Crippen LogP contribution in [0.15, 0.2) is 60.9 Å². The number of ether oxygens (including phenoxy) is 1. The van der Waals surface area contributed by atoms with Crippen LogP contribution < -0.4 is 10.1 Å². The summed E-state index contributed by atoms with van der Waals surface area (Å²) in [6.07, 6.45) is 3.88. The molecule has 0 unspecified atom stereocenters. The number of hydrogen-bond acceptors (Lipinski definition) is 3. The van der Waals surface area contributed by atoms with Crippen molar-refractivity contribution < 1.29 is 9.53 Å². The summed E-state index contributed by atoms with van der Waals surface area (Å²) in [5.74, 6) is 0.591. The molecule has 2 aromatic carbocycles. The zero-order valence-electron chi connectivity index (χ0n) is 13.7. The molecule has 0 atom stereocenters. The maximum atomic E-state index is 12.6. The molecule has 2 N–H and O–H groups in total. The number of anilines is 1. The number of carbonyl (C=O) groups excluding carboxylic acids is 1. The molecular formula is C20H17N3O2. The second kappa shape index (κ2) is 6.28. The van der Waals surface area contributed by atoms with Crippen molar-refractivity contribution in [2.24, 2.45) is 0 Å². The van der Waals surface area contributed by atoms with Crippen molar-refractivity contribution in [1.82, 2.24) is 9.97 Å². The topological polar surface area (TPSA) is 67.0 Å². The molecule has 5 nitrogen and oxygen atoms in total. The summed E-state index contributed by atoms with van der Waals surface area (Å²) in [5.41, 5.74) is 3.39. The molecule has 25 heavy (non-hydrogen) atoms. The van der Waals surface area contributed by atoms with Gasteiger partial charge in [0.05, 0.1) is 24.7 Å². The van der Waals surface area contributed by atoms with Crippen molar-refractivity contribution in [2.75, 3.05) is 12.4 Å². The Morgan fingerprint density at radius 1 is 1.20 bits per heavy atom. The predicted molar refractivity (Wildman–Crippen MR) is 98.9 cm³/mol. The lowest BCUT2D eigenvalue weighted by Crippen LogP contribution is -2.14. The van der Waals surface area contributed by atoms with Gasteiger partial charge in [0.15, 0.2) is 0 Å². The van der Waals surface area contributed by atoms with Gasteiger partial charge >= 0.3 is 0 Å². The molecular weight excluding hydrogens is 314 g/mol. The number of aromatic nitrogens is 2. The van der Waals surface area contributed by atoms with Gasteiger partial charge in [-0.25, -0.2) is 0 Å². The zero-order valence-corrected chi connectivity index (χ0v) is 13.7. The Labute approximate surface area is 144 Å². The lowest BCUT2D eigenvalue weighted by molar-refractivity contribution is -0.115. The number of methoxy groups -OCH3 is 1. The SMILES string of the molecule is COc1cc(NC(=O)Cc2c[nH]c3ccccc23)c2ncccc2c1. The van der Waals surface area contributed by atoms with E-state index in [2.05, 4.69) is 15.3 Å². The van der Waals surface area contributed by atoms with Crippen molar-refractivity contribution in [3.8, 4) is 5.75 Å². The number of para-hydroxylation sites is 1. The molecule has 0 saturated heterocycles. The zero-order chi connectivity index (χ0) is 17.2. The number of pyridine rings is 1. The van der Waals surface area contributed by atoms with E-state index in [0.717, 1.165) is 27.4 Å². The Bertz CT molecular complexity index is 1070. The first kappa shape index (κ1) is 15.2. The van der Waals surface area contributed by atoms with Crippen molar-refractivity contribution >= 4 is 33.4 Å². The predicted octanol–water partition coefficient (Wildman–Crippen LogP) is 3.91. The standard InChI is InChI=1S/C20H17N3O2/c1-25-15-9-13-5-4-8-21-20(13)18(11-15)23-19(24)10-14-12-22-17-7-3-2-6-16(14)17/h2-9,11-12,22H,10H2,1H3,(H,23,24). The molecule has 0 aliphatic carbocycles. The Hall–Kier alpha value is -3.34. The molecule has 0 aliphatic heterocycles. The number of aromatic amines is 1. The molecule has 0 bridgehead atoms. The summed E-state index contributed by atoms with van der Waals surface area (Å²) in [4.78, 5) is 20.1. The highest BCUT2D eigenvalue weighted by atomic mass is 16.5. The van der Waals surface area contributed by atoms with Crippen LogP contribution >= 0.6 is 0 Å². The van der Waals surface area contributed by atoms with Gasteiger partial charge in [-0.05, 0) is 23.8 Å². The third-order valence-corrected chi connectivity index (χ3v) is 4.21. The number of fused-ring (bicyclic) bond motifs is 2. The first-order chi connectivity index (χ1) is 12.2. The number of nitrogens with one attached hydrogen (secondary N) is 2. The van der Waals surface area contributed by atoms with Crippen LogP contribution in [0.25, 0.3) is 21.8 Å². The number of carbonyl (C=O) groups is 1. The number of hydrogen-bond donors (Lipinski definition) is 2. The number of H-pyrrole nitrogens is 1. The summed E-state index contributed by atoms with van der Waals surface area (Å²) in [6.45, 7) is 0. The second-order valence-electron chi connectivity index (χ2n) is 5.83. The Morgan fingerprint density at radius 2 is 2.08 bits per heavy atom. The highest BCUT2D eigenvalue weighted by Gasteiger charge is 2.12. The first-order valence-electron chi connectivity index (χ1n) is 8.02. The Kier molecular flexibility index (Phi) is 3.82. The van der Waals surface area contributed by atoms with E-state index in [9.17, 15) is 4.79 Å². The van der Waals surface area contributed by atoms with E-state index in [0.29, 0.717) is 11.4 Å². The van der Waals surface area contributed by atoms with Gasteiger partial charge in [0.2, 0.25) is 5.91 Å². The maximum Gasteiger partial charge on any atom is 0.228 e. The summed E-state index contributed by atoms with van der Waals surface area (Å²) >= 11 is 0. The highest BCUT2D eigenvalue weighted by molar-refractivity contribution is 6.02. The molecule has 1 amide bonds. The number of rotatable bonds is 4. The van der Waals surface area contributed by atoms with E-state index in [-0.39, 0.29) is 12.3 Å². The molecule has 0 spiro atoms. The third kappa shape index (κ3) is 2.92. The second-order valence-corrected chi connectivity index (χ2v) is 5.83. The Morgan fingerprint density at radius 3 is 2.96 bits per heavy atom. The van der Waals surface area contributed by atoms with E-state index in [1.165, 1.54) is 0 Å². The van der Waals surface area contributed by atoms with Crippen LogP contribution in [0, 0.1) is 0 Å². The van der Waals surface area contributed by atoms with Gasteiger partial charge in [-0.15, -0.1) is 0 Å². The van der Waals surface area contributed by atoms with Crippen LogP contribution in [0.5, 0.6) is 5.75 Å². The molecule has 0 fully saturated rings. The molecule has 0 saturated carbocycles. The van der Waals surface area contributed by atoms with Gasteiger partial charge in [-0.2, -0.15) is 0 Å². The van der Waals surface area contributed by atoms with E-state index in [4.69, 9.17) is 4.74 Å². The smallest absolute Gasteiger partial charge is 0.228 e. The van der Waals surface area contributed by atoms with Crippen LogP contribution in [0.2, 0.25) is 0 Å². The van der Waals surface area contributed by atoms with Crippen molar-refractivity contribution in [1.29, 1.82) is 0 Å². The van der Waals surface area contributed by atoms with Crippen molar-refractivity contribution in [2.45, 2.75) is 6.42 Å². The lowest BCUT2D eigenvalue weighted by Gasteiger charge is -2.10. The fourth-order valence-corrected chi connectivity index (χ4v) is 3.02. The van der Waals surface area contributed by atoms with Gasteiger partial charge in [0.25, 0.3) is 0 Å². The molecule has 4 rings (SSSR count). The fraction of sp³-hybridized carbons (Fsp3) is 0.100. The molecule has 4 aromatic rings. The normalized spacial score (nSPS) is 10.9. The minimum absolute atomic E-state index is 0.0926. The van der Waals surface area contributed by atoms with Crippen LogP contribution in [-0.2, 0) is 11.2 Å². The van der Waals surface area contributed by atoms with Gasteiger partial charge in [0, 0.05) is 34.7 Å². The number of nitrogens with zero attached hydrogens (tertiary/aromatic N) is 1. The van der Waals surface area contributed by atoms with E-state index < -0.39 is 0 Å². The average molecular weight is 331 g/mol. The van der Waals surface area contributed by atoms with E-state index in [1.807, 2.05) is 48.7 Å². The van der Waals surface area contributed by atoms with E-state index >= 15 is 0 Å². The average Bonchev–Trinajstić information content (AvgIpc) is 3.04. The summed E-state index contributed by atoms with van der Waals surface area (Å²) < 4.78 is 5.32. The molecule has 2 heterocycles. The van der Waals surface area contributed by atoms with Gasteiger partial charge in [-0.3, -0.25) is 9.78 Å². The van der Waals surface area contributed by atoms with Crippen LogP contribution in [0.3, 0.4) is 0 Å². The number of benzene rings is 2. The minimum atomic E-state index is -0.0926. The highest BCUT2D eigenvalue weighted by Crippen LogP contribution is 2.28. The Balaban J connectivity index is 1.63. The first-order valence-corrected chi connectivity index (χ1v) is 8.02. The quantitative estimate of drug-likeness (QED) is 0.596. The van der Waals surface area contributed by atoms with Crippen LogP contribution in [0.1, 0.15) is 5.56 Å². The number of amides is 1. The molecule has 0 radical (unpaired) electrons. The summed E-state index contributed by atoms with van der Waals surface area (Å²) in [7, 11) is 1.61. The third-order valence-electron chi connectivity index (χ3n) is 4.21. The van der Waals surface area contributed by atoms with Crippen molar-refractivity contribution in [3.63, 3.8) is 0 Å². The molecule has 2 aromatic heterocycles. The lowest BCUT2D eigenvalue weighted by atomic mass is 10.1. The van der Waals surface area contributed by atoms with Gasteiger partial charge < -0.3 is 15.0 Å². The largest absolute Gasteiger partial charge is 0.497 e. The fourth-order valence-electron chi connectivity index (χ4n) is 3.02. The monoisotopic (exact) mass is 331 g/mol. The molecule has 0 aliphatic rings. The summed E-state index contributed by atoms with van der Waals surface area (Å²) in [5, 5.41) is 4.95.